The number of fused-ring (bicyclic) bond motifs is 2. The van der Waals surface area contributed by atoms with Gasteiger partial charge in [-0.05, 0) is 19.3 Å². The minimum absolute atomic E-state index is 0.0339. The fraction of sp³-hybridized carbons (Fsp3) is 0.867. The lowest BCUT2D eigenvalue weighted by molar-refractivity contribution is -0.139. The molecule has 0 radical (unpaired) electrons. The van der Waals surface area contributed by atoms with E-state index in [9.17, 15) is 9.59 Å². The molecule has 0 spiro atoms. The van der Waals surface area contributed by atoms with Crippen LogP contribution in [0.4, 0.5) is 4.79 Å². The lowest BCUT2D eigenvalue weighted by Gasteiger charge is -2.29. The maximum Gasteiger partial charge on any atom is 0.345 e. The summed E-state index contributed by atoms with van der Waals surface area (Å²) in [6.07, 6.45) is 2.33. The monoisotopic (exact) mass is 403 g/mol. The van der Waals surface area contributed by atoms with Crippen LogP contribution in [0.3, 0.4) is 0 Å². The van der Waals surface area contributed by atoms with Crippen molar-refractivity contribution in [3.8, 4) is 0 Å². The molecule has 9 nitrogen and oxygen atoms in total. The quantitative estimate of drug-likeness (QED) is 0.322. The van der Waals surface area contributed by atoms with E-state index in [1.54, 1.807) is 0 Å². The highest BCUT2D eigenvalue weighted by molar-refractivity contribution is 7.99. The fourth-order valence-electron chi connectivity index (χ4n) is 4.21. The van der Waals surface area contributed by atoms with Gasteiger partial charge in [-0.1, -0.05) is 0 Å². The Labute approximate surface area is 162 Å². The average Bonchev–Trinajstić information content (AvgIpc) is 3.37. The normalized spacial score (nSPS) is 34.7. The van der Waals surface area contributed by atoms with Gasteiger partial charge in [0.2, 0.25) is 0 Å². The summed E-state index contributed by atoms with van der Waals surface area (Å²) in [6, 6.07) is -0.0694. The second kappa shape index (κ2) is 8.11. The number of hydrogen-bond acceptors (Lipinski definition) is 8. The standard InChI is InChI=1S/C15H25N5O4S2/c21-14(13-2-1-11-7-19(13)15(22)20(11)24-25)17-23-8-10-5-12(6-16-10)18-3-4-26-9-18/h10-13,16,25H,1-9H2,(H,17,21)/t10-,11?,12+,13?/m0/s1. The van der Waals surface area contributed by atoms with Crippen LogP contribution in [0, 0.1) is 0 Å². The molecule has 3 amide bonds. The number of urea groups is 1. The lowest BCUT2D eigenvalue weighted by atomic mass is 10.0. The van der Waals surface area contributed by atoms with E-state index in [1.807, 2.05) is 11.8 Å². The highest BCUT2D eigenvalue weighted by atomic mass is 32.2. The van der Waals surface area contributed by atoms with Crippen molar-refractivity contribution in [2.24, 2.45) is 0 Å². The first-order valence-electron chi connectivity index (χ1n) is 9.05. The fourth-order valence-corrected chi connectivity index (χ4v) is 5.48. The first-order valence-corrected chi connectivity index (χ1v) is 10.6. The summed E-state index contributed by atoms with van der Waals surface area (Å²) in [5.41, 5.74) is 2.53. The molecule has 2 N–H and O–H groups in total. The molecule has 4 aliphatic heterocycles. The summed E-state index contributed by atoms with van der Waals surface area (Å²) in [6.45, 7) is 3.03. The van der Waals surface area contributed by atoms with Gasteiger partial charge in [0.25, 0.3) is 5.91 Å². The van der Waals surface area contributed by atoms with Crippen molar-refractivity contribution in [3.63, 3.8) is 0 Å². The van der Waals surface area contributed by atoms with Gasteiger partial charge in [0.15, 0.2) is 0 Å². The maximum atomic E-state index is 12.4. The third-order valence-corrected chi connectivity index (χ3v) is 6.83. The van der Waals surface area contributed by atoms with Gasteiger partial charge in [0.1, 0.15) is 6.04 Å². The molecule has 0 aromatic heterocycles. The summed E-state index contributed by atoms with van der Waals surface area (Å²) >= 11 is 5.70. The summed E-state index contributed by atoms with van der Waals surface area (Å²) < 4.78 is 4.83. The van der Waals surface area contributed by atoms with Crippen molar-refractivity contribution >= 4 is 36.6 Å². The Kier molecular flexibility index (Phi) is 5.81. The van der Waals surface area contributed by atoms with Crippen LogP contribution in [0.1, 0.15) is 19.3 Å². The zero-order valence-corrected chi connectivity index (χ0v) is 16.2. The number of thioether (sulfide) groups is 1. The van der Waals surface area contributed by atoms with Crippen LogP contribution in [0.15, 0.2) is 0 Å². The predicted octanol–water partition coefficient (Wildman–Crippen LogP) is -0.184. The number of carbonyl (C=O) groups excluding carboxylic acids is 2. The first kappa shape index (κ1) is 18.6. The molecule has 2 unspecified atom stereocenters. The van der Waals surface area contributed by atoms with Crippen molar-refractivity contribution in [2.75, 3.05) is 37.9 Å². The van der Waals surface area contributed by atoms with Gasteiger partial charge >= 0.3 is 6.03 Å². The van der Waals surface area contributed by atoms with Gasteiger partial charge in [-0.3, -0.25) is 14.5 Å². The van der Waals surface area contributed by atoms with Crippen molar-refractivity contribution in [2.45, 2.75) is 43.4 Å². The molecule has 0 aromatic carbocycles. The largest absolute Gasteiger partial charge is 0.345 e. The smallest absolute Gasteiger partial charge is 0.310 e. The van der Waals surface area contributed by atoms with Gasteiger partial charge in [0.05, 0.1) is 12.6 Å². The number of piperidine rings is 1. The van der Waals surface area contributed by atoms with E-state index < -0.39 is 6.04 Å². The Morgan fingerprint density at radius 2 is 2.27 bits per heavy atom. The molecule has 4 atom stereocenters. The summed E-state index contributed by atoms with van der Waals surface area (Å²) in [4.78, 5) is 34.1. The van der Waals surface area contributed by atoms with Gasteiger partial charge in [-0.15, -0.1) is 11.8 Å². The molecule has 0 saturated carbocycles. The zero-order chi connectivity index (χ0) is 18.1. The molecule has 4 heterocycles. The van der Waals surface area contributed by atoms with Crippen LogP contribution in [0.2, 0.25) is 0 Å². The Morgan fingerprint density at radius 1 is 1.38 bits per heavy atom. The van der Waals surface area contributed by atoms with Crippen LogP contribution in [-0.2, 0) is 13.9 Å². The number of nitrogens with zero attached hydrogens (tertiary/aromatic N) is 3. The second-order valence-electron chi connectivity index (χ2n) is 7.21. The molecule has 4 saturated heterocycles. The molecule has 0 aliphatic carbocycles. The van der Waals surface area contributed by atoms with Crippen LogP contribution in [0.5, 0.6) is 0 Å². The van der Waals surface area contributed by atoms with E-state index >= 15 is 0 Å². The van der Waals surface area contributed by atoms with Crippen LogP contribution < -0.4 is 10.8 Å². The zero-order valence-electron chi connectivity index (χ0n) is 14.5. The van der Waals surface area contributed by atoms with Crippen molar-refractivity contribution < 1.29 is 18.7 Å². The van der Waals surface area contributed by atoms with E-state index in [1.165, 1.54) is 15.7 Å². The van der Waals surface area contributed by atoms with E-state index in [0.29, 0.717) is 32.0 Å². The van der Waals surface area contributed by atoms with Gasteiger partial charge in [-0.2, -0.15) is 5.06 Å². The first-order chi connectivity index (χ1) is 12.7. The van der Waals surface area contributed by atoms with Crippen LogP contribution in [0.25, 0.3) is 0 Å². The van der Waals surface area contributed by atoms with Crippen molar-refractivity contribution in [1.29, 1.82) is 0 Å². The molecule has 11 heteroatoms. The highest BCUT2D eigenvalue weighted by Crippen LogP contribution is 2.30. The summed E-state index contributed by atoms with van der Waals surface area (Å²) in [5.74, 6) is 2.04. The number of thiol groups is 1. The average molecular weight is 404 g/mol. The minimum atomic E-state index is -0.516. The summed E-state index contributed by atoms with van der Waals surface area (Å²) in [7, 11) is 0. The summed E-state index contributed by atoms with van der Waals surface area (Å²) in [5, 5.41) is 4.69. The molecular formula is C15H25N5O4S2. The Balaban J connectivity index is 1.21. The van der Waals surface area contributed by atoms with E-state index in [-0.39, 0.29) is 24.0 Å². The van der Waals surface area contributed by atoms with Gasteiger partial charge in [0, 0.05) is 56.3 Å². The second-order valence-corrected chi connectivity index (χ2v) is 8.45. The Morgan fingerprint density at radius 3 is 3.04 bits per heavy atom. The number of rotatable bonds is 6. The van der Waals surface area contributed by atoms with Crippen molar-refractivity contribution in [3.05, 3.63) is 0 Å². The number of nitrogens with one attached hydrogen (secondary N) is 2. The molecule has 4 rings (SSSR count). The van der Waals surface area contributed by atoms with Gasteiger partial charge < -0.3 is 10.2 Å². The molecule has 26 heavy (non-hydrogen) atoms. The molecule has 0 aromatic rings. The van der Waals surface area contributed by atoms with Crippen LogP contribution >= 0.6 is 24.7 Å². The predicted molar refractivity (Wildman–Crippen MR) is 99.1 cm³/mol. The minimum Gasteiger partial charge on any atom is -0.310 e. The maximum absolute atomic E-state index is 12.4. The lowest BCUT2D eigenvalue weighted by Crippen LogP contribution is -2.50. The molecule has 146 valence electrons. The number of hydrogen-bond donors (Lipinski definition) is 3. The van der Waals surface area contributed by atoms with E-state index in [2.05, 4.69) is 28.6 Å². The van der Waals surface area contributed by atoms with Gasteiger partial charge in [-0.25, -0.2) is 14.6 Å². The number of amides is 3. The van der Waals surface area contributed by atoms with E-state index in [4.69, 9.17) is 9.12 Å². The highest BCUT2D eigenvalue weighted by Gasteiger charge is 2.48. The number of hydroxylamine groups is 3. The molecular weight excluding hydrogens is 378 g/mol. The van der Waals surface area contributed by atoms with Crippen LogP contribution in [-0.4, -0.2) is 88.8 Å². The topological polar surface area (TPSA) is 86.4 Å². The Hall–Kier alpha value is -0.720. The molecule has 4 aliphatic rings. The molecule has 4 fully saturated rings. The van der Waals surface area contributed by atoms with Crippen molar-refractivity contribution in [1.82, 2.24) is 25.7 Å². The van der Waals surface area contributed by atoms with E-state index in [0.717, 1.165) is 25.4 Å². The molecule has 2 bridgehead atoms. The third-order valence-electron chi connectivity index (χ3n) is 5.67. The Bertz CT molecular complexity index is 550. The SMILES string of the molecule is O=C(NOC[C@@H]1C[C@@H](N2CCSC2)CN1)C1CCC2CN1C(=O)N2OS. The third kappa shape index (κ3) is 3.65. The number of carbonyl (C=O) groups is 2.